The van der Waals surface area contributed by atoms with Crippen molar-refractivity contribution in [3.8, 4) is 0 Å². The minimum Gasteiger partial charge on any atom is -0.463 e. The fraction of sp³-hybridized carbons (Fsp3) is 0.364. The smallest absolute Gasteiger partial charge is 0.270 e. The van der Waals surface area contributed by atoms with Crippen LogP contribution >= 0.6 is 0 Å². The van der Waals surface area contributed by atoms with Gasteiger partial charge in [0.15, 0.2) is 5.58 Å². The topological polar surface area (TPSA) is 78.3 Å². The molecule has 2 atom stereocenters. The number of aromatic nitrogens is 1. The summed E-state index contributed by atoms with van der Waals surface area (Å²) in [5.74, 6) is -0.471. The number of nitrogens with zero attached hydrogens (tertiary/aromatic N) is 1. The molecule has 2 amide bonds. The second-order valence-electron chi connectivity index (χ2n) is 7.58. The number of alkyl halides is 1. The molecule has 2 N–H and O–H groups in total. The number of H-pyrrole nitrogens is 1. The van der Waals surface area contributed by atoms with E-state index in [4.69, 9.17) is 4.42 Å². The van der Waals surface area contributed by atoms with E-state index in [-0.39, 0.29) is 17.9 Å². The van der Waals surface area contributed by atoms with Crippen LogP contribution in [0.25, 0.3) is 11.1 Å². The first-order chi connectivity index (χ1) is 14.0. The largest absolute Gasteiger partial charge is 0.463 e. The van der Waals surface area contributed by atoms with Gasteiger partial charge in [-0.05, 0) is 31.2 Å². The molecule has 1 aliphatic rings. The van der Waals surface area contributed by atoms with Gasteiger partial charge in [0.25, 0.3) is 11.8 Å². The van der Waals surface area contributed by atoms with Gasteiger partial charge in [-0.25, -0.2) is 4.39 Å². The molecule has 3 aromatic rings. The standard InChI is InChI=1S/C22H24FN3O3/c1-14(24-21(27)20(23)16-5-3-2-4-6-16)15-7-10-26(11-8-15)22(28)18-13-19-17(25-18)9-12-29-19/h2-6,9,12-15,20,25H,7-8,10-11H2,1H3,(H,24,27)/t14-,20?/m1/s1. The van der Waals surface area contributed by atoms with Crippen LogP contribution in [-0.2, 0) is 4.79 Å². The maximum Gasteiger partial charge on any atom is 0.270 e. The zero-order valence-electron chi connectivity index (χ0n) is 16.2. The molecule has 1 fully saturated rings. The number of nitrogens with one attached hydrogen (secondary N) is 2. The number of carbonyl (C=O) groups excluding carboxylic acids is 2. The van der Waals surface area contributed by atoms with E-state index >= 15 is 0 Å². The van der Waals surface area contributed by atoms with E-state index < -0.39 is 12.1 Å². The predicted molar refractivity (Wildman–Crippen MR) is 107 cm³/mol. The summed E-state index contributed by atoms with van der Waals surface area (Å²) in [6, 6.07) is 11.8. The number of rotatable bonds is 5. The molecule has 2 aromatic heterocycles. The van der Waals surface area contributed by atoms with Gasteiger partial charge in [0.1, 0.15) is 5.69 Å². The van der Waals surface area contributed by atoms with Crippen molar-refractivity contribution in [3.63, 3.8) is 0 Å². The number of halogens is 1. The maximum absolute atomic E-state index is 14.4. The van der Waals surface area contributed by atoms with Crippen LogP contribution in [0.3, 0.4) is 0 Å². The van der Waals surface area contributed by atoms with E-state index in [1.165, 1.54) is 0 Å². The first kappa shape index (κ1) is 19.2. The van der Waals surface area contributed by atoms with Crippen LogP contribution in [0.4, 0.5) is 4.39 Å². The number of amides is 2. The second kappa shape index (κ2) is 8.11. The molecule has 152 valence electrons. The molecule has 6 nitrogen and oxygen atoms in total. The highest BCUT2D eigenvalue weighted by Crippen LogP contribution is 2.25. The second-order valence-corrected chi connectivity index (χ2v) is 7.58. The SMILES string of the molecule is C[C@@H](NC(=O)C(F)c1ccccc1)C1CCN(C(=O)c2cc3occc3[nH]2)CC1. The monoisotopic (exact) mass is 397 g/mol. The number of benzene rings is 1. The van der Waals surface area contributed by atoms with Gasteiger partial charge in [-0.3, -0.25) is 9.59 Å². The summed E-state index contributed by atoms with van der Waals surface area (Å²) < 4.78 is 19.7. The lowest BCUT2D eigenvalue weighted by molar-refractivity contribution is -0.127. The van der Waals surface area contributed by atoms with E-state index in [1.807, 2.05) is 6.92 Å². The Morgan fingerprint density at radius 1 is 1.21 bits per heavy atom. The van der Waals surface area contributed by atoms with Gasteiger partial charge < -0.3 is 19.6 Å². The summed E-state index contributed by atoms with van der Waals surface area (Å²) >= 11 is 0. The number of aromatic amines is 1. The molecule has 0 radical (unpaired) electrons. The minimum atomic E-state index is -1.67. The summed E-state index contributed by atoms with van der Waals surface area (Å²) in [5, 5.41) is 2.80. The predicted octanol–water partition coefficient (Wildman–Crippen LogP) is 3.83. The van der Waals surface area contributed by atoms with Crippen LogP contribution in [0, 0.1) is 5.92 Å². The zero-order chi connectivity index (χ0) is 20.4. The van der Waals surface area contributed by atoms with Crippen molar-refractivity contribution in [3.05, 3.63) is 60.0 Å². The molecule has 0 spiro atoms. The summed E-state index contributed by atoms with van der Waals surface area (Å²) in [6.07, 6.45) is 1.42. The molecule has 29 heavy (non-hydrogen) atoms. The van der Waals surface area contributed by atoms with Crippen molar-refractivity contribution < 1.29 is 18.4 Å². The minimum absolute atomic E-state index is 0.0561. The van der Waals surface area contributed by atoms with Gasteiger partial charge in [0.2, 0.25) is 6.17 Å². The Hall–Kier alpha value is -3.09. The van der Waals surface area contributed by atoms with Crippen molar-refractivity contribution in [1.82, 2.24) is 15.2 Å². The summed E-state index contributed by atoms with van der Waals surface area (Å²) in [4.78, 5) is 29.8. The normalized spacial score (nSPS) is 17.2. The third-order valence-corrected chi connectivity index (χ3v) is 5.70. The van der Waals surface area contributed by atoms with Gasteiger partial charge in [-0.15, -0.1) is 0 Å². The van der Waals surface area contributed by atoms with Crippen molar-refractivity contribution in [2.75, 3.05) is 13.1 Å². The number of furan rings is 1. The number of piperidine rings is 1. The lowest BCUT2D eigenvalue weighted by Crippen LogP contribution is -2.46. The molecule has 4 rings (SSSR count). The Bertz CT molecular complexity index is 961. The van der Waals surface area contributed by atoms with Crippen LogP contribution in [0.2, 0.25) is 0 Å². The Morgan fingerprint density at radius 2 is 1.93 bits per heavy atom. The van der Waals surface area contributed by atoms with Crippen LogP contribution < -0.4 is 5.32 Å². The van der Waals surface area contributed by atoms with Crippen molar-refractivity contribution in [2.45, 2.75) is 32.0 Å². The molecule has 3 heterocycles. The highest BCUT2D eigenvalue weighted by Gasteiger charge is 2.30. The van der Waals surface area contributed by atoms with Crippen molar-refractivity contribution in [2.24, 2.45) is 5.92 Å². The van der Waals surface area contributed by atoms with Gasteiger partial charge >= 0.3 is 0 Å². The molecule has 1 aromatic carbocycles. The summed E-state index contributed by atoms with van der Waals surface area (Å²) in [7, 11) is 0. The Morgan fingerprint density at radius 3 is 2.62 bits per heavy atom. The highest BCUT2D eigenvalue weighted by molar-refractivity contribution is 5.96. The average molecular weight is 397 g/mol. The molecule has 1 unspecified atom stereocenters. The molecule has 0 bridgehead atoms. The highest BCUT2D eigenvalue weighted by atomic mass is 19.1. The van der Waals surface area contributed by atoms with Gasteiger partial charge in [0, 0.05) is 31.3 Å². The molecule has 1 saturated heterocycles. The van der Waals surface area contributed by atoms with E-state index in [0.717, 1.165) is 18.4 Å². The maximum atomic E-state index is 14.4. The fourth-order valence-electron chi connectivity index (χ4n) is 3.93. The quantitative estimate of drug-likeness (QED) is 0.687. The first-order valence-electron chi connectivity index (χ1n) is 9.88. The summed E-state index contributed by atoms with van der Waals surface area (Å²) in [5.41, 5.74) is 2.34. The molecule has 7 heteroatoms. The van der Waals surface area contributed by atoms with Gasteiger partial charge in [-0.2, -0.15) is 0 Å². The van der Waals surface area contributed by atoms with Crippen molar-refractivity contribution in [1.29, 1.82) is 0 Å². The Labute approximate surface area is 168 Å². The molecular weight excluding hydrogens is 373 g/mol. The van der Waals surface area contributed by atoms with E-state index in [0.29, 0.717) is 29.9 Å². The third-order valence-electron chi connectivity index (χ3n) is 5.70. The lowest BCUT2D eigenvalue weighted by atomic mass is 9.90. The molecule has 0 aliphatic carbocycles. The average Bonchev–Trinajstić information content (AvgIpc) is 3.35. The van der Waals surface area contributed by atoms with Crippen LogP contribution in [0.15, 0.2) is 53.1 Å². The lowest BCUT2D eigenvalue weighted by Gasteiger charge is -2.35. The third kappa shape index (κ3) is 4.04. The van der Waals surface area contributed by atoms with Crippen LogP contribution in [0.1, 0.15) is 42.0 Å². The van der Waals surface area contributed by atoms with E-state index in [9.17, 15) is 14.0 Å². The number of hydrogen-bond acceptors (Lipinski definition) is 3. The van der Waals surface area contributed by atoms with Crippen LogP contribution in [0.5, 0.6) is 0 Å². The Balaban J connectivity index is 1.30. The van der Waals surface area contributed by atoms with Gasteiger partial charge in [0.05, 0.1) is 11.8 Å². The fourth-order valence-corrected chi connectivity index (χ4v) is 3.93. The van der Waals surface area contributed by atoms with Crippen LogP contribution in [-0.4, -0.2) is 40.8 Å². The van der Waals surface area contributed by atoms with Gasteiger partial charge in [-0.1, -0.05) is 30.3 Å². The van der Waals surface area contributed by atoms with Crippen molar-refractivity contribution >= 4 is 22.9 Å². The van der Waals surface area contributed by atoms with E-state index in [1.54, 1.807) is 53.6 Å². The number of carbonyl (C=O) groups is 2. The zero-order valence-corrected chi connectivity index (χ0v) is 16.2. The molecule has 0 saturated carbocycles. The number of hydrogen-bond donors (Lipinski definition) is 2. The van der Waals surface area contributed by atoms with E-state index in [2.05, 4.69) is 10.3 Å². The summed E-state index contributed by atoms with van der Waals surface area (Å²) in [6.45, 7) is 3.10. The number of likely N-dealkylation sites (tertiary alicyclic amines) is 1. The molecular formula is C22H24FN3O3. The molecule has 1 aliphatic heterocycles. The number of fused-ring (bicyclic) bond motifs is 1. The Kier molecular flexibility index (Phi) is 5.38. The first-order valence-corrected chi connectivity index (χ1v) is 9.88.